The zero-order valence-electron chi connectivity index (χ0n) is 13.7. The summed E-state index contributed by atoms with van der Waals surface area (Å²) in [4.78, 5) is 37.2. The first-order chi connectivity index (χ1) is 12.0. The van der Waals surface area contributed by atoms with Gasteiger partial charge in [0.1, 0.15) is 16.5 Å². The van der Waals surface area contributed by atoms with Gasteiger partial charge in [0, 0.05) is 4.88 Å². The van der Waals surface area contributed by atoms with Gasteiger partial charge < -0.3 is 16.0 Å². The molecule has 4 rings (SSSR count). The summed E-state index contributed by atoms with van der Waals surface area (Å²) in [6, 6.07) is 3.40. The van der Waals surface area contributed by atoms with E-state index in [0.717, 1.165) is 47.5 Å². The lowest BCUT2D eigenvalue weighted by Gasteiger charge is -2.11. The van der Waals surface area contributed by atoms with Crippen LogP contribution in [0.1, 0.15) is 50.0 Å². The lowest BCUT2D eigenvalue weighted by Crippen LogP contribution is -2.19. The lowest BCUT2D eigenvalue weighted by molar-refractivity contribution is 0.100. The van der Waals surface area contributed by atoms with Crippen molar-refractivity contribution in [2.75, 3.05) is 5.32 Å². The maximum absolute atomic E-state index is 12.6. The quantitative estimate of drug-likeness (QED) is 0.670. The molecule has 0 spiro atoms. The van der Waals surface area contributed by atoms with Gasteiger partial charge in [0.2, 0.25) is 0 Å². The largest absolute Gasteiger partial charge is 0.365 e. The van der Waals surface area contributed by atoms with Crippen molar-refractivity contribution in [3.8, 4) is 0 Å². The van der Waals surface area contributed by atoms with E-state index in [1.54, 1.807) is 12.1 Å². The molecule has 0 saturated carbocycles. The Bertz CT molecular complexity index is 1000. The molecule has 8 heteroatoms. The molecule has 0 fully saturated rings. The minimum Gasteiger partial charge on any atom is -0.365 e. The summed E-state index contributed by atoms with van der Waals surface area (Å²) in [5.74, 6) is -0.133. The van der Waals surface area contributed by atoms with E-state index < -0.39 is 5.91 Å². The maximum Gasteiger partial charge on any atom is 0.274 e. The molecular weight excluding hydrogens is 338 g/mol. The molecule has 3 aromatic rings. The van der Waals surface area contributed by atoms with E-state index >= 15 is 0 Å². The summed E-state index contributed by atoms with van der Waals surface area (Å²) in [5, 5.41) is 3.33. The molecule has 3 aromatic heterocycles. The zero-order valence-corrected chi connectivity index (χ0v) is 14.5. The minimum absolute atomic E-state index is 0.251. The van der Waals surface area contributed by atoms with Crippen LogP contribution in [0.2, 0.25) is 0 Å². The van der Waals surface area contributed by atoms with Gasteiger partial charge in [-0.15, -0.1) is 11.3 Å². The SMILES string of the molecule is Cc1nc2nc(C(=O)Nc3sc4c(c3C(N)=O)CCCC4)ccc2[nH]1. The van der Waals surface area contributed by atoms with E-state index in [9.17, 15) is 9.59 Å². The fraction of sp³-hybridized carbons (Fsp3) is 0.294. The Morgan fingerprint density at radius 1 is 1.24 bits per heavy atom. The topological polar surface area (TPSA) is 114 Å². The number of primary amides is 1. The highest BCUT2D eigenvalue weighted by Crippen LogP contribution is 2.38. The summed E-state index contributed by atoms with van der Waals surface area (Å²) in [6.45, 7) is 1.83. The number of nitrogens with one attached hydrogen (secondary N) is 2. The molecule has 3 heterocycles. The number of anilines is 1. The third-order valence-electron chi connectivity index (χ3n) is 4.34. The van der Waals surface area contributed by atoms with Gasteiger partial charge in [0.25, 0.3) is 11.8 Å². The molecule has 7 nitrogen and oxygen atoms in total. The molecule has 0 atom stereocenters. The number of rotatable bonds is 3. The van der Waals surface area contributed by atoms with Crippen LogP contribution in [0.4, 0.5) is 5.00 Å². The predicted octanol–water partition coefficient (Wildman–Crippen LogP) is 2.56. The number of carbonyl (C=O) groups excluding carboxylic acids is 2. The summed E-state index contributed by atoms with van der Waals surface area (Å²) >= 11 is 1.44. The van der Waals surface area contributed by atoms with Gasteiger partial charge in [-0.2, -0.15) is 0 Å². The van der Waals surface area contributed by atoms with E-state index in [1.165, 1.54) is 11.3 Å². The van der Waals surface area contributed by atoms with Gasteiger partial charge in [-0.3, -0.25) is 9.59 Å². The van der Waals surface area contributed by atoms with Crippen molar-refractivity contribution in [1.82, 2.24) is 15.0 Å². The van der Waals surface area contributed by atoms with E-state index in [1.807, 2.05) is 6.92 Å². The van der Waals surface area contributed by atoms with Crippen molar-refractivity contribution < 1.29 is 9.59 Å². The van der Waals surface area contributed by atoms with Gasteiger partial charge in [0.05, 0.1) is 11.1 Å². The van der Waals surface area contributed by atoms with Crippen LogP contribution in [-0.4, -0.2) is 26.8 Å². The Labute approximate surface area is 147 Å². The zero-order chi connectivity index (χ0) is 17.6. The second-order valence-electron chi connectivity index (χ2n) is 6.12. The molecule has 0 aromatic carbocycles. The Balaban J connectivity index is 1.67. The predicted molar refractivity (Wildman–Crippen MR) is 96.1 cm³/mol. The van der Waals surface area contributed by atoms with Crippen LogP contribution in [0.5, 0.6) is 0 Å². The molecule has 4 N–H and O–H groups in total. The standard InChI is InChI=1S/C17H17N5O2S/c1-8-19-10-6-7-11(21-15(10)20-8)16(24)22-17-13(14(18)23)9-4-2-3-5-12(9)25-17/h6-7H,2-5H2,1H3,(H2,18,23)(H,22,24)(H,19,20,21). The van der Waals surface area contributed by atoms with Crippen LogP contribution in [0.15, 0.2) is 12.1 Å². The molecule has 0 radical (unpaired) electrons. The summed E-state index contributed by atoms with van der Waals surface area (Å²) in [5.41, 5.74) is 8.52. The Hall–Kier alpha value is -2.74. The van der Waals surface area contributed by atoms with Gasteiger partial charge in [0.15, 0.2) is 5.65 Å². The van der Waals surface area contributed by atoms with Crippen molar-refractivity contribution in [3.63, 3.8) is 0 Å². The number of aromatic amines is 1. The number of aromatic nitrogens is 3. The van der Waals surface area contributed by atoms with Crippen LogP contribution in [0.25, 0.3) is 11.2 Å². The van der Waals surface area contributed by atoms with E-state index in [2.05, 4.69) is 20.3 Å². The van der Waals surface area contributed by atoms with Crippen molar-refractivity contribution in [1.29, 1.82) is 0 Å². The van der Waals surface area contributed by atoms with Crippen LogP contribution in [0.3, 0.4) is 0 Å². The van der Waals surface area contributed by atoms with E-state index in [0.29, 0.717) is 16.2 Å². The molecule has 0 bridgehead atoms. The third-order valence-corrected chi connectivity index (χ3v) is 5.55. The molecule has 0 aliphatic heterocycles. The summed E-state index contributed by atoms with van der Waals surface area (Å²) < 4.78 is 0. The Morgan fingerprint density at radius 2 is 2.04 bits per heavy atom. The van der Waals surface area contributed by atoms with Gasteiger partial charge in [-0.05, 0) is 50.3 Å². The molecule has 2 amide bonds. The van der Waals surface area contributed by atoms with Crippen LogP contribution >= 0.6 is 11.3 Å². The highest BCUT2D eigenvalue weighted by atomic mass is 32.1. The first kappa shape index (κ1) is 15.8. The van der Waals surface area contributed by atoms with E-state index in [4.69, 9.17) is 5.73 Å². The second kappa shape index (κ2) is 5.96. The molecule has 25 heavy (non-hydrogen) atoms. The van der Waals surface area contributed by atoms with Crippen LogP contribution in [0, 0.1) is 6.92 Å². The van der Waals surface area contributed by atoms with Crippen LogP contribution < -0.4 is 11.1 Å². The number of carbonyl (C=O) groups is 2. The normalized spacial score (nSPS) is 13.6. The highest BCUT2D eigenvalue weighted by Gasteiger charge is 2.25. The average Bonchev–Trinajstić information content (AvgIpc) is 3.12. The third kappa shape index (κ3) is 2.78. The fourth-order valence-electron chi connectivity index (χ4n) is 3.22. The number of amides is 2. The average molecular weight is 355 g/mol. The van der Waals surface area contributed by atoms with Gasteiger partial charge in [-0.1, -0.05) is 0 Å². The minimum atomic E-state index is -0.499. The number of H-pyrrole nitrogens is 1. The number of pyridine rings is 1. The van der Waals surface area contributed by atoms with Gasteiger partial charge >= 0.3 is 0 Å². The molecule has 128 valence electrons. The molecule has 1 aliphatic rings. The smallest absolute Gasteiger partial charge is 0.274 e. The second-order valence-corrected chi connectivity index (χ2v) is 7.23. The molecule has 0 unspecified atom stereocenters. The summed E-state index contributed by atoms with van der Waals surface area (Å²) in [6.07, 6.45) is 3.88. The fourth-order valence-corrected chi connectivity index (χ4v) is 4.51. The molecular formula is C17H17N5O2S. The maximum atomic E-state index is 12.6. The molecule has 0 saturated heterocycles. The number of hydrogen-bond donors (Lipinski definition) is 3. The van der Waals surface area contributed by atoms with Crippen molar-refractivity contribution in [2.45, 2.75) is 32.6 Å². The summed E-state index contributed by atoms with van der Waals surface area (Å²) in [7, 11) is 0. The Kier molecular flexibility index (Phi) is 3.76. The lowest BCUT2D eigenvalue weighted by atomic mass is 9.95. The van der Waals surface area contributed by atoms with E-state index in [-0.39, 0.29) is 11.6 Å². The van der Waals surface area contributed by atoms with Crippen LogP contribution in [-0.2, 0) is 12.8 Å². The van der Waals surface area contributed by atoms with Crippen molar-refractivity contribution in [3.05, 3.63) is 39.7 Å². The number of imidazole rings is 1. The number of hydrogen-bond acceptors (Lipinski definition) is 5. The monoisotopic (exact) mass is 355 g/mol. The highest BCUT2D eigenvalue weighted by molar-refractivity contribution is 7.17. The first-order valence-electron chi connectivity index (χ1n) is 8.12. The first-order valence-corrected chi connectivity index (χ1v) is 8.93. The van der Waals surface area contributed by atoms with Crippen molar-refractivity contribution in [2.24, 2.45) is 5.73 Å². The number of nitrogens with zero attached hydrogens (tertiary/aromatic N) is 2. The number of thiophene rings is 1. The Morgan fingerprint density at radius 3 is 2.84 bits per heavy atom. The number of fused-ring (bicyclic) bond motifs is 2. The van der Waals surface area contributed by atoms with Crippen molar-refractivity contribution >= 4 is 39.3 Å². The number of nitrogens with two attached hydrogens (primary N) is 1. The number of aryl methyl sites for hydroxylation is 2. The molecule has 1 aliphatic carbocycles. The van der Waals surface area contributed by atoms with Gasteiger partial charge in [-0.25, -0.2) is 9.97 Å².